The van der Waals surface area contributed by atoms with Crippen LogP contribution in [0.1, 0.15) is 92.7 Å². The summed E-state index contributed by atoms with van der Waals surface area (Å²) in [5.41, 5.74) is 3.46. The number of fused-ring (bicyclic) bond motifs is 1. The molecule has 0 radical (unpaired) electrons. The number of sulfone groups is 1. The molecular formula is C31H40N4O4S. The van der Waals surface area contributed by atoms with Crippen molar-refractivity contribution in [3.8, 4) is 17.0 Å². The molecule has 40 heavy (non-hydrogen) atoms. The standard InChI is InChI=1S/C31H40N4O4S/c1-21-29-27(31(36)34(23-11-5-3-6-12-23)24-13-7-4-8-14-24)19-28(22-10-9-15-26(18-22)39-2)32-30(29)35(33-21)25-16-17-40(37,38)20-25/h9-10,15,18-19,23-25H,3-8,11-14,16-17,20H2,1-2H3. The van der Waals surface area contributed by atoms with E-state index in [0.717, 1.165) is 68.0 Å². The van der Waals surface area contributed by atoms with Crippen LogP contribution in [0.5, 0.6) is 5.75 Å². The lowest BCUT2D eigenvalue weighted by Gasteiger charge is -2.42. The highest BCUT2D eigenvalue weighted by Gasteiger charge is 2.36. The topological polar surface area (TPSA) is 94.4 Å². The third-order valence-corrected chi connectivity index (χ3v) is 10.9. The fourth-order valence-electron chi connectivity index (χ4n) is 7.12. The van der Waals surface area contributed by atoms with Crippen LogP contribution in [-0.4, -0.2) is 64.7 Å². The Kier molecular flexibility index (Phi) is 7.59. The van der Waals surface area contributed by atoms with E-state index in [1.54, 1.807) is 11.8 Å². The van der Waals surface area contributed by atoms with Gasteiger partial charge in [0.15, 0.2) is 15.5 Å². The van der Waals surface area contributed by atoms with Gasteiger partial charge in [0.25, 0.3) is 5.91 Å². The van der Waals surface area contributed by atoms with Gasteiger partial charge in [-0.3, -0.25) is 4.79 Å². The van der Waals surface area contributed by atoms with Crippen molar-refractivity contribution >= 4 is 26.8 Å². The van der Waals surface area contributed by atoms with Gasteiger partial charge in [-0.2, -0.15) is 5.10 Å². The fourth-order valence-corrected chi connectivity index (χ4v) is 8.81. The molecule has 0 spiro atoms. The number of aromatic nitrogens is 3. The van der Waals surface area contributed by atoms with Crippen molar-refractivity contribution in [2.75, 3.05) is 18.6 Å². The summed E-state index contributed by atoms with van der Waals surface area (Å²) < 4.78 is 32.1. The summed E-state index contributed by atoms with van der Waals surface area (Å²) in [5.74, 6) is 0.978. The molecule has 1 aliphatic heterocycles. The third kappa shape index (κ3) is 5.24. The van der Waals surface area contributed by atoms with Gasteiger partial charge < -0.3 is 9.64 Å². The second kappa shape index (κ2) is 11.1. The van der Waals surface area contributed by atoms with Crippen molar-refractivity contribution in [3.63, 3.8) is 0 Å². The molecule has 3 fully saturated rings. The van der Waals surface area contributed by atoms with Gasteiger partial charge in [0.1, 0.15) is 5.75 Å². The molecule has 6 rings (SSSR count). The first-order valence-corrected chi connectivity index (χ1v) is 16.7. The van der Waals surface area contributed by atoms with Crippen molar-refractivity contribution in [1.29, 1.82) is 0 Å². The van der Waals surface area contributed by atoms with Crippen LogP contribution in [0.25, 0.3) is 22.3 Å². The SMILES string of the molecule is COc1cccc(-c2cc(C(=O)N(C3CCCCC3)C3CCCCC3)c3c(C)nn(C4CCS(=O)(=O)C4)c3n2)c1. The minimum atomic E-state index is -3.12. The van der Waals surface area contributed by atoms with E-state index in [1.807, 2.05) is 37.3 Å². The molecule has 1 saturated heterocycles. The first-order valence-electron chi connectivity index (χ1n) is 14.9. The zero-order valence-electron chi connectivity index (χ0n) is 23.6. The number of benzene rings is 1. The lowest BCUT2D eigenvalue weighted by Crippen LogP contribution is -2.48. The molecule has 2 saturated carbocycles. The molecule has 2 aliphatic carbocycles. The summed E-state index contributed by atoms with van der Waals surface area (Å²) in [4.78, 5) is 22.1. The predicted octanol–water partition coefficient (Wildman–Crippen LogP) is 5.88. The molecule has 0 bridgehead atoms. The number of hydrogen-bond donors (Lipinski definition) is 0. The Bertz CT molecular complexity index is 1490. The summed E-state index contributed by atoms with van der Waals surface area (Å²) in [6.07, 6.45) is 11.8. The summed E-state index contributed by atoms with van der Waals surface area (Å²) in [6.45, 7) is 1.91. The summed E-state index contributed by atoms with van der Waals surface area (Å²) in [7, 11) is -1.49. The zero-order valence-corrected chi connectivity index (χ0v) is 24.5. The first kappa shape index (κ1) is 27.2. The maximum Gasteiger partial charge on any atom is 0.255 e. The Hall–Kier alpha value is -2.94. The molecule has 0 N–H and O–H groups in total. The number of rotatable bonds is 6. The molecular weight excluding hydrogens is 524 g/mol. The monoisotopic (exact) mass is 564 g/mol. The van der Waals surface area contributed by atoms with Crippen LogP contribution in [0.4, 0.5) is 0 Å². The number of ether oxygens (including phenoxy) is 1. The minimum absolute atomic E-state index is 0.0494. The van der Waals surface area contributed by atoms with Gasteiger partial charge in [0, 0.05) is 17.6 Å². The number of nitrogens with zero attached hydrogens (tertiary/aromatic N) is 4. The van der Waals surface area contributed by atoms with E-state index in [9.17, 15) is 13.2 Å². The van der Waals surface area contributed by atoms with Crippen molar-refractivity contribution in [2.24, 2.45) is 0 Å². The highest BCUT2D eigenvalue weighted by atomic mass is 32.2. The van der Waals surface area contributed by atoms with Gasteiger partial charge in [0.2, 0.25) is 0 Å². The first-order chi connectivity index (χ1) is 19.3. The Balaban J connectivity index is 1.52. The Morgan fingerprint density at radius 3 is 2.25 bits per heavy atom. The summed E-state index contributed by atoms with van der Waals surface area (Å²) in [6, 6.07) is 9.86. The molecule has 9 heteroatoms. The van der Waals surface area contributed by atoms with Crippen LogP contribution in [0, 0.1) is 6.92 Å². The van der Waals surface area contributed by atoms with Crippen LogP contribution < -0.4 is 4.74 Å². The van der Waals surface area contributed by atoms with Crippen molar-refractivity contribution < 1.29 is 17.9 Å². The third-order valence-electron chi connectivity index (χ3n) is 9.16. The summed E-state index contributed by atoms with van der Waals surface area (Å²) in [5, 5.41) is 5.58. The van der Waals surface area contributed by atoms with Crippen molar-refractivity contribution in [3.05, 3.63) is 41.6 Å². The molecule has 3 heterocycles. The Morgan fingerprint density at radius 2 is 1.65 bits per heavy atom. The molecule has 1 atom stereocenters. The number of hydrogen-bond acceptors (Lipinski definition) is 6. The Labute approximate surface area is 237 Å². The molecule has 3 aliphatic rings. The average molecular weight is 565 g/mol. The number of methoxy groups -OCH3 is 1. The molecule has 2 aromatic heterocycles. The number of aryl methyl sites for hydroxylation is 1. The van der Waals surface area contributed by atoms with E-state index < -0.39 is 9.84 Å². The maximum atomic E-state index is 14.8. The van der Waals surface area contributed by atoms with E-state index in [4.69, 9.17) is 14.8 Å². The van der Waals surface area contributed by atoms with Crippen LogP contribution in [0.3, 0.4) is 0 Å². The normalized spacial score (nSPS) is 22.0. The zero-order chi connectivity index (χ0) is 27.9. The molecule has 1 aromatic carbocycles. The molecule has 1 amide bonds. The van der Waals surface area contributed by atoms with E-state index in [1.165, 1.54) is 12.8 Å². The molecule has 3 aromatic rings. The number of carbonyl (C=O) groups is 1. The number of amides is 1. The number of pyridine rings is 1. The second-order valence-corrected chi connectivity index (χ2v) is 14.1. The van der Waals surface area contributed by atoms with Gasteiger partial charge in [-0.1, -0.05) is 50.7 Å². The van der Waals surface area contributed by atoms with Crippen LogP contribution in [-0.2, 0) is 9.84 Å². The van der Waals surface area contributed by atoms with Gasteiger partial charge in [-0.25, -0.2) is 18.1 Å². The lowest BCUT2D eigenvalue weighted by atomic mass is 9.87. The van der Waals surface area contributed by atoms with Crippen LogP contribution in [0.2, 0.25) is 0 Å². The molecule has 8 nitrogen and oxygen atoms in total. The highest BCUT2D eigenvalue weighted by molar-refractivity contribution is 7.91. The Morgan fingerprint density at radius 1 is 0.975 bits per heavy atom. The van der Waals surface area contributed by atoms with Gasteiger partial charge in [0.05, 0.1) is 47.0 Å². The predicted molar refractivity (Wildman–Crippen MR) is 156 cm³/mol. The van der Waals surface area contributed by atoms with Crippen molar-refractivity contribution in [1.82, 2.24) is 19.7 Å². The van der Waals surface area contributed by atoms with E-state index in [0.29, 0.717) is 29.1 Å². The maximum absolute atomic E-state index is 14.8. The molecule has 1 unspecified atom stereocenters. The lowest BCUT2D eigenvalue weighted by molar-refractivity contribution is 0.0450. The van der Waals surface area contributed by atoms with Crippen LogP contribution in [0.15, 0.2) is 30.3 Å². The fraction of sp³-hybridized carbons (Fsp3) is 0.581. The molecule has 214 valence electrons. The van der Waals surface area contributed by atoms with E-state index in [-0.39, 0.29) is 35.5 Å². The van der Waals surface area contributed by atoms with Gasteiger partial charge in [-0.05, 0) is 57.2 Å². The average Bonchev–Trinajstić information content (AvgIpc) is 3.52. The second-order valence-electron chi connectivity index (χ2n) is 11.9. The summed E-state index contributed by atoms with van der Waals surface area (Å²) >= 11 is 0. The highest BCUT2D eigenvalue weighted by Crippen LogP contribution is 2.36. The van der Waals surface area contributed by atoms with Crippen LogP contribution >= 0.6 is 0 Å². The van der Waals surface area contributed by atoms with Crippen molar-refractivity contribution in [2.45, 2.75) is 95.7 Å². The number of carbonyl (C=O) groups excluding carboxylic acids is 1. The van der Waals surface area contributed by atoms with Gasteiger partial charge in [-0.15, -0.1) is 0 Å². The largest absolute Gasteiger partial charge is 0.497 e. The smallest absolute Gasteiger partial charge is 0.255 e. The van der Waals surface area contributed by atoms with Gasteiger partial charge >= 0.3 is 0 Å². The minimum Gasteiger partial charge on any atom is -0.497 e. The quantitative estimate of drug-likeness (QED) is 0.371. The van der Waals surface area contributed by atoms with E-state index in [2.05, 4.69) is 4.90 Å². The van der Waals surface area contributed by atoms with E-state index >= 15 is 0 Å².